The van der Waals surface area contributed by atoms with Gasteiger partial charge in [0.25, 0.3) is 0 Å². The van der Waals surface area contributed by atoms with E-state index in [4.69, 9.17) is 0 Å². The van der Waals surface area contributed by atoms with Crippen molar-refractivity contribution in [2.75, 3.05) is 24.6 Å². The Kier molecular flexibility index (Phi) is 59.1. The molecule has 0 fully saturated rings. The molecule has 0 radical (unpaired) electrons. The lowest BCUT2D eigenvalue weighted by molar-refractivity contribution is 0.536. The maximum absolute atomic E-state index is 2.34. The molecule has 0 unspecified atom stereocenters. The average Bonchev–Trinajstić information content (AvgIpc) is 3.32. The molecule has 392 valence electrons. The monoisotopic (exact) mass is 932 g/mol. The second-order valence-corrected chi connectivity index (χ2v) is 27.1. The van der Waals surface area contributed by atoms with Gasteiger partial charge in [0.05, 0.1) is 24.6 Å². The smallest absolute Gasteiger partial charge is 0.0594 e. The first-order chi connectivity index (χ1) is 32.2. The zero-order valence-electron chi connectivity index (χ0n) is 46.9. The Morgan fingerprint density at radius 1 is 0.123 bits per heavy atom. The summed E-state index contributed by atoms with van der Waals surface area (Å²) in [6, 6.07) is 0. The van der Waals surface area contributed by atoms with Crippen molar-refractivity contribution in [1.82, 2.24) is 0 Å². The van der Waals surface area contributed by atoms with Gasteiger partial charge in [-0.15, -0.1) is 0 Å². The van der Waals surface area contributed by atoms with Gasteiger partial charge in [-0.2, -0.15) is 0 Å². The number of hydrogen-bond acceptors (Lipinski definition) is 0. The van der Waals surface area contributed by atoms with Crippen molar-refractivity contribution >= 4 is 7.26 Å². The average molecular weight is 933 g/mol. The number of hydrogen-bond donors (Lipinski definition) is 0. The fourth-order valence-electron chi connectivity index (χ4n) is 11.2. The van der Waals surface area contributed by atoms with Crippen LogP contribution in [-0.2, 0) is 0 Å². The second kappa shape index (κ2) is 58.7. The Morgan fingerprint density at radius 3 is 0.323 bits per heavy atom. The molecule has 0 bridgehead atoms. The zero-order valence-corrected chi connectivity index (χ0v) is 47.8. The molecule has 0 aromatic carbocycles. The second-order valence-electron chi connectivity index (χ2n) is 22.6. The van der Waals surface area contributed by atoms with Crippen LogP contribution in [0.4, 0.5) is 0 Å². The minimum Gasteiger partial charge on any atom is -0.0654 e. The van der Waals surface area contributed by atoms with Crippen LogP contribution in [-0.4, -0.2) is 24.6 Å². The van der Waals surface area contributed by atoms with E-state index in [0.717, 1.165) is 0 Å². The molecular formula is C64H132P+. The van der Waals surface area contributed by atoms with Crippen LogP contribution >= 0.6 is 7.26 Å². The lowest BCUT2D eigenvalue weighted by Crippen LogP contribution is -2.13. The highest BCUT2D eigenvalue weighted by molar-refractivity contribution is 7.75. The molecule has 0 nitrogen and oxygen atoms in total. The highest BCUT2D eigenvalue weighted by Crippen LogP contribution is 2.61. The van der Waals surface area contributed by atoms with E-state index in [1.54, 1.807) is 50.3 Å². The first-order valence-corrected chi connectivity index (χ1v) is 34.6. The Hall–Kier alpha value is 0.430. The minimum absolute atomic E-state index is 0.834. The van der Waals surface area contributed by atoms with Crippen molar-refractivity contribution in [3.8, 4) is 0 Å². The van der Waals surface area contributed by atoms with Crippen LogP contribution in [0.25, 0.3) is 0 Å². The first kappa shape index (κ1) is 65.4. The molecule has 0 aliphatic rings. The van der Waals surface area contributed by atoms with Crippen LogP contribution in [0.1, 0.15) is 387 Å². The van der Waals surface area contributed by atoms with E-state index in [0.29, 0.717) is 0 Å². The highest BCUT2D eigenvalue weighted by Gasteiger charge is 2.35. The van der Waals surface area contributed by atoms with Crippen molar-refractivity contribution in [3.05, 3.63) is 0 Å². The SMILES string of the molecule is CCCCCCCCCCCCCCCC[P+](CCCCCCCCCCCCCCCC)(CCCCCCCCCCCCCCCC)CCCCCCCCCCCCCCCC. The summed E-state index contributed by atoms with van der Waals surface area (Å²) >= 11 is 0. The molecule has 0 spiro atoms. The van der Waals surface area contributed by atoms with E-state index in [1.165, 1.54) is 334 Å². The molecule has 0 saturated heterocycles. The Bertz CT molecular complexity index is 670. The molecular weight excluding hydrogens is 800 g/mol. The molecule has 0 saturated carbocycles. The summed E-state index contributed by atoms with van der Waals surface area (Å²) in [5.41, 5.74) is 0. The van der Waals surface area contributed by atoms with Gasteiger partial charge in [0.2, 0.25) is 0 Å². The summed E-state index contributed by atoms with van der Waals surface area (Å²) < 4.78 is 0. The third-order valence-electron chi connectivity index (χ3n) is 15.9. The van der Waals surface area contributed by atoms with Crippen molar-refractivity contribution in [2.24, 2.45) is 0 Å². The van der Waals surface area contributed by atoms with Gasteiger partial charge in [-0.1, -0.05) is 336 Å². The fraction of sp³-hybridized carbons (Fsp3) is 1.00. The van der Waals surface area contributed by atoms with Gasteiger partial charge in [-0.25, -0.2) is 0 Å². The Morgan fingerprint density at radius 2 is 0.215 bits per heavy atom. The van der Waals surface area contributed by atoms with Crippen LogP contribution in [0.15, 0.2) is 0 Å². The predicted octanol–water partition coefficient (Wildman–Crippen LogP) is 24.9. The van der Waals surface area contributed by atoms with Crippen molar-refractivity contribution in [2.45, 2.75) is 387 Å². The third kappa shape index (κ3) is 53.6. The molecule has 0 aromatic rings. The van der Waals surface area contributed by atoms with E-state index in [-0.39, 0.29) is 0 Å². The van der Waals surface area contributed by atoms with Crippen LogP contribution in [0.5, 0.6) is 0 Å². The van der Waals surface area contributed by atoms with E-state index in [9.17, 15) is 0 Å². The van der Waals surface area contributed by atoms with Crippen LogP contribution < -0.4 is 0 Å². The molecule has 0 aliphatic carbocycles. The lowest BCUT2D eigenvalue weighted by atomic mass is 10.0. The van der Waals surface area contributed by atoms with E-state index in [1.807, 2.05) is 0 Å². The Balaban J connectivity index is 4.94. The normalized spacial score (nSPS) is 12.0. The molecule has 0 atom stereocenters. The van der Waals surface area contributed by atoms with Crippen molar-refractivity contribution < 1.29 is 0 Å². The summed E-state index contributed by atoms with van der Waals surface area (Å²) in [5, 5.41) is 0. The molecule has 0 amide bonds. The molecule has 0 rings (SSSR count). The van der Waals surface area contributed by atoms with Crippen LogP contribution in [0.2, 0.25) is 0 Å². The molecule has 65 heavy (non-hydrogen) atoms. The number of rotatable bonds is 60. The maximum atomic E-state index is 2.34. The van der Waals surface area contributed by atoms with Gasteiger partial charge in [0, 0.05) is 7.26 Å². The Labute approximate surface area is 417 Å². The van der Waals surface area contributed by atoms with Crippen LogP contribution in [0, 0.1) is 0 Å². The molecule has 1 heteroatoms. The molecule has 0 N–H and O–H groups in total. The summed E-state index contributed by atoms with van der Waals surface area (Å²) in [4.78, 5) is 0. The summed E-state index contributed by atoms with van der Waals surface area (Å²) in [6.07, 6.45) is 90.3. The fourth-order valence-corrected chi connectivity index (χ4v) is 16.2. The summed E-state index contributed by atoms with van der Waals surface area (Å²) in [6.45, 7) is 9.34. The van der Waals surface area contributed by atoms with Gasteiger partial charge < -0.3 is 0 Å². The summed E-state index contributed by atoms with van der Waals surface area (Å²) in [5.74, 6) is 0. The van der Waals surface area contributed by atoms with Gasteiger partial charge >= 0.3 is 0 Å². The van der Waals surface area contributed by atoms with E-state index >= 15 is 0 Å². The largest absolute Gasteiger partial charge is 0.0654 e. The topological polar surface area (TPSA) is 0 Å². The van der Waals surface area contributed by atoms with Crippen LogP contribution in [0.3, 0.4) is 0 Å². The van der Waals surface area contributed by atoms with Gasteiger partial charge in [-0.05, 0) is 51.4 Å². The van der Waals surface area contributed by atoms with Crippen molar-refractivity contribution in [1.29, 1.82) is 0 Å². The maximum Gasteiger partial charge on any atom is 0.0594 e. The standard InChI is InChI=1S/C64H132P/c1-5-9-13-17-21-25-29-33-37-41-45-49-53-57-61-65(62-58-54-50-46-42-38-34-30-26-22-18-14-10-6-2,63-59-55-51-47-43-39-35-31-27-23-19-15-11-7-3)64-60-56-52-48-44-40-36-32-28-24-20-16-12-8-4/h5-64H2,1-4H3/q+1. The first-order valence-electron chi connectivity index (χ1n) is 32.1. The lowest BCUT2D eigenvalue weighted by Gasteiger charge is -2.28. The third-order valence-corrected chi connectivity index (χ3v) is 21.0. The predicted molar refractivity (Wildman–Crippen MR) is 308 cm³/mol. The quantitative estimate of drug-likeness (QED) is 0.0421. The number of unbranched alkanes of at least 4 members (excludes halogenated alkanes) is 52. The molecule has 0 heterocycles. The molecule has 0 aliphatic heterocycles. The highest BCUT2D eigenvalue weighted by atomic mass is 31.2. The molecule has 0 aromatic heterocycles. The summed E-state index contributed by atoms with van der Waals surface area (Å²) in [7, 11) is -0.834. The van der Waals surface area contributed by atoms with Gasteiger partial charge in [-0.3, -0.25) is 0 Å². The van der Waals surface area contributed by atoms with Gasteiger partial charge in [0.15, 0.2) is 0 Å². The van der Waals surface area contributed by atoms with Gasteiger partial charge in [0.1, 0.15) is 0 Å². The van der Waals surface area contributed by atoms with E-state index in [2.05, 4.69) is 27.7 Å². The van der Waals surface area contributed by atoms with E-state index < -0.39 is 7.26 Å². The minimum atomic E-state index is -0.834. The van der Waals surface area contributed by atoms with Crippen molar-refractivity contribution in [3.63, 3.8) is 0 Å². The zero-order chi connectivity index (χ0) is 46.9.